The molecule has 2 aromatic rings. The Kier molecular flexibility index (Phi) is 5.34. The Morgan fingerprint density at radius 1 is 1.35 bits per heavy atom. The van der Waals surface area contributed by atoms with Gasteiger partial charge >= 0.3 is 5.97 Å². The molecule has 0 bridgehead atoms. The Morgan fingerprint density at radius 2 is 2.08 bits per heavy atom. The van der Waals surface area contributed by atoms with E-state index in [9.17, 15) is 18.3 Å². The lowest BCUT2D eigenvalue weighted by Crippen LogP contribution is -2.47. The molecule has 3 rings (SSSR count). The second-order valence-electron chi connectivity index (χ2n) is 7.26. The molecule has 2 heterocycles. The summed E-state index contributed by atoms with van der Waals surface area (Å²) in [5, 5.41) is 8.74. The molecule has 1 saturated heterocycles. The molecule has 2 atom stereocenters. The fraction of sp³-hybridized carbons (Fsp3) is 0.556. The molecule has 8 heteroatoms. The number of aromatic nitrogens is 2. The molecule has 0 unspecified atom stereocenters. The lowest BCUT2D eigenvalue weighted by molar-refractivity contribution is -0.138. The first-order valence-corrected chi connectivity index (χ1v) is 10.4. The first-order valence-electron chi connectivity index (χ1n) is 8.91. The molecule has 0 radical (unpaired) electrons. The normalized spacial score (nSPS) is 22.1. The number of hydrogen-bond donors (Lipinski definition) is 2. The Hall–Kier alpha value is -1.93. The van der Waals surface area contributed by atoms with Crippen molar-refractivity contribution in [2.24, 2.45) is 11.8 Å². The molecule has 1 aromatic heterocycles. The van der Waals surface area contributed by atoms with E-state index in [-0.39, 0.29) is 18.3 Å². The zero-order valence-corrected chi connectivity index (χ0v) is 15.9. The molecular formula is C18H25N3O4S. The van der Waals surface area contributed by atoms with E-state index in [1.165, 1.54) is 4.31 Å². The number of carbonyl (C=O) groups is 1. The number of carboxylic acids is 1. The number of sulfonamides is 1. The lowest BCUT2D eigenvalue weighted by Gasteiger charge is -2.38. The highest BCUT2D eigenvalue weighted by atomic mass is 32.2. The minimum Gasteiger partial charge on any atom is -0.481 e. The number of aliphatic carboxylic acids is 1. The van der Waals surface area contributed by atoms with Crippen molar-refractivity contribution in [3.8, 4) is 0 Å². The highest BCUT2D eigenvalue weighted by molar-refractivity contribution is 7.89. The van der Waals surface area contributed by atoms with Crippen LogP contribution in [0.25, 0.3) is 11.0 Å². The SMILES string of the molecule is CC(C)S(=O)(=O)N1CC[C@@H](CC(=O)O)[C@@H](Cc2nc3ccccc3[nH]2)C1. The van der Waals surface area contributed by atoms with Crippen molar-refractivity contribution in [1.82, 2.24) is 14.3 Å². The Bertz CT molecular complexity index is 858. The highest BCUT2D eigenvalue weighted by Crippen LogP contribution is 2.31. The summed E-state index contributed by atoms with van der Waals surface area (Å²) in [6.45, 7) is 4.07. The zero-order chi connectivity index (χ0) is 18.9. The van der Waals surface area contributed by atoms with Crippen LogP contribution in [0.2, 0.25) is 0 Å². The second kappa shape index (κ2) is 7.36. The van der Waals surface area contributed by atoms with Crippen molar-refractivity contribution in [3.05, 3.63) is 30.1 Å². The molecule has 0 aliphatic carbocycles. The number of rotatable bonds is 6. The number of piperidine rings is 1. The molecule has 2 N–H and O–H groups in total. The first-order chi connectivity index (χ1) is 12.3. The lowest BCUT2D eigenvalue weighted by atomic mass is 9.82. The van der Waals surface area contributed by atoms with Crippen LogP contribution in [0.1, 0.15) is 32.5 Å². The summed E-state index contributed by atoms with van der Waals surface area (Å²) >= 11 is 0. The number of nitrogens with one attached hydrogen (secondary N) is 1. The largest absolute Gasteiger partial charge is 0.481 e. The minimum absolute atomic E-state index is 0.0560. The van der Waals surface area contributed by atoms with Gasteiger partial charge in [-0.3, -0.25) is 4.79 Å². The van der Waals surface area contributed by atoms with Gasteiger partial charge in [-0.2, -0.15) is 0 Å². The van der Waals surface area contributed by atoms with Crippen molar-refractivity contribution in [2.45, 2.75) is 38.4 Å². The molecule has 26 heavy (non-hydrogen) atoms. The first kappa shape index (κ1) is 18.8. The average Bonchev–Trinajstić information content (AvgIpc) is 2.98. The van der Waals surface area contributed by atoms with Crippen LogP contribution in [0.3, 0.4) is 0 Å². The van der Waals surface area contributed by atoms with E-state index < -0.39 is 21.2 Å². The van der Waals surface area contributed by atoms with Crippen LogP contribution >= 0.6 is 0 Å². The summed E-state index contributed by atoms with van der Waals surface area (Å²) in [5.41, 5.74) is 1.79. The summed E-state index contributed by atoms with van der Waals surface area (Å²) in [6.07, 6.45) is 1.15. The number of hydrogen-bond acceptors (Lipinski definition) is 4. The van der Waals surface area contributed by atoms with E-state index in [0.717, 1.165) is 16.9 Å². The van der Waals surface area contributed by atoms with E-state index in [1.807, 2.05) is 24.3 Å². The number of aromatic amines is 1. The molecular weight excluding hydrogens is 354 g/mol. The highest BCUT2D eigenvalue weighted by Gasteiger charge is 2.37. The van der Waals surface area contributed by atoms with Gasteiger partial charge in [-0.15, -0.1) is 0 Å². The number of imidazole rings is 1. The predicted octanol–water partition coefficient (Wildman–Crippen LogP) is 2.26. The number of nitrogens with zero attached hydrogens (tertiary/aromatic N) is 2. The van der Waals surface area contributed by atoms with E-state index in [4.69, 9.17) is 0 Å². The summed E-state index contributed by atoms with van der Waals surface area (Å²) in [5.74, 6) is -0.201. The van der Waals surface area contributed by atoms with Crippen LogP contribution in [0.4, 0.5) is 0 Å². The number of fused-ring (bicyclic) bond motifs is 1. The summed E-state index contributed by atoms with van der Waals surface area (Å²) in [4.78, 5) is 19.1. The van der Waals surface area contributed by atoms with Gasteiger partial charge in [-0.25, -0.2) is 17.7 Å². The van der Waals surface area contributed by atoms with Gasteiger partial charge in [0.25, 0.3) is 0 Å². The van der Waals surface area contributed by atoms with Crippen LogP contribution < -0.4 is 0 Å². The van der Waals surface area contributed by atoms with Crippen LogP contribution in [-0.4, -0.2) is 52.1 Å². The predicted molar refractivity (Wildman–Crippen MR) is 99.3 cm³/mol. The molecule has 0 saturated carbocycles. The quantitative estimate of drug-likeness (QED) is 0.801. The molecule has 1 fully saturated rings. The fourth-order valence-electron chi connectivity index (χ4n) is 3.65. The smallest absolute Gasteiger partial charge is 0.303 e. The monoisotopic (exact) mass is 379 g/mol. The van der Waals surface area contributed by atoms with Crippen molar-refractivity contribution in [1.29, 1.82) is 0 Å². The number of H-pyrrole nitrogens is 1. The molecule has 0 spiro atoms. The fourth-order valence-corrected chi connectivity index (χ4v) is 5.01. The summed E-state index contributed by atoms with van der Waals surface area (Å²) < 4.78 is 26.6. The van der Waals surface area contributed by atoms with E-state index >= 15 is 0 Å². The van der Waals surface area contributed by atoms with E-state index in [0.29, 0.717) is 25.9 Å². The Labute approximate surface area is 153 Å². The maximum absolute atomic E-state index is 12.5. The number of benzene rings is 1. The van der Waals surface area contributed by atoms with Gasteiger partial charge in [0.1, 0.15) is 5.82 Å². The third-order valence-corrected chi connectivity index (χ3v) is 7.38. The second-order valence-corrected chi connectivity index (χ2v) is 9.75. The van der Waals surface area contributed by atoms with Crippen LogP contribution in [0.15, 0.2) is 24.3 Å². The van der Waals surface area contributed by atoms with Gasteiger partial charge in [-0.05, 0) is 44.2 Å². The minimum atomic E-state index is -3.35. The van der Waals surface area contributed by atoms with Gasteiger partial charge in [0.15, 0.2) is 0 Å². The van der Waals surface area contributed by atoms with Crippen molar-refractivity contribution in [3.63, 3.8) is 0 Å². The maximum Gasteiger partial charge on any atom is 0.303 e. The van der Waals surface area contributed by atoms with Gasteiger partial charge in [0, 0.05) is 25.9 Å². The molecule has 0 amide bonds. The topological polar surface area (TPSA) is 103 Å². The van der Waals surface area contributed by atoms with Crippen molar-refractivity contribution in [2.75, 3.05) is 13.1 Å². The zero-order valence-electron chi connectivity index (χ0n) is 15.1. The van der Waals surface area contributed by atoms with Crippen LogP contribution in [-0.2, 0) is 21.2 Å². The number of para-hydroxylation sites is 2. The summed E-state index contributed by atoms with van der Waals surface area (Å²) in [6, 6.07) is 7.70. The van der Waals surface area contributed by atoms with Gasteiger partial charge in [0.05, 0.1) is 16.3 Å². The van der Waals surface area contributed by atoms with Crippen molar-refractivity contribution >= 4 is 27.0 Å². The van der Waals surface area contributed by atoms with Crippen LogP contribution in [0, 0.1) is 11.8 Å². The Morgan fingerprint density at radius 3 is 2.73 bits per heavy atom. The number of carboxylic acid groups (broad SMARTS) is 1. The molecule has 7 nitrogen and oxygen atoms in total. The van der Waals surface area contributed by atoms with Gasteiger partial charge < -0.3 is 10.1 Å². The van der Waals surface area contributed by atoms with Crippen molar-refractivity contribution < 1.29 is 18.3 Å². The van der Waals surface area contributed by atoms with Gasteiger partial charge in [-0.1, -0.05) is 12.1 Å². The molecule has 1 aliphatic rings. The molecule has 1 aliphatic heterocycles. The standard InChI is InChI=1S/C18H25N3O4S/c1-12(2)26(24,25)21-8-7-13(10-18(22)23)14(11-21)9-17-19-15-5-3-4-6-16(15)20-17/h3-6,12-14H,7-11H2,1-2H3,(H,19,20)(H,22,23)/t13-,14-/m0/s1. The van der Waals surface area contributed by atoms with Gasteiger partial charge in [0.2, 0.25) is 10.0 Å². The average molecular weight is 379 g/mol. The van der Waals surface area contributed by atoms with E-state index in [1.54, 1.807) is 13.8 Å². The van der Waals surface area contributed by atoms with E-state index in [2.05, 4.69) is 9.97 Å². The van der Waals surface area contributed by atoms with Crippen LogP contribution in [0.5, 0.6) is 0 Å². The summed E-state index contributed by atoms with van der Waals surface area (Å²) in [7, 11) is -3.35. The maximum atomic E-state index is 12.5. The third-order valence-electron chi connectivity index (χ3n) is 5.14. The Balaban J connectivity index is 1.83. The third kappa shape index (κ3) is 3.91. The molecule has 142 valence electrons. The molecule has 1 aromatic carbocycles.